The molecule has 1 aliphatic carbocycles. The number of sulfonamides is 1. The van der Waals surface area contributed by atoms with Crippen LogP contribution in [0, 0.1) is 0 Å². The second-order valence-corrected chi connectivity index (χ2v) is 8.88. The zero-order valence-corrected chi connectivity index (χ0v) is 17.0. The highest BCUT2D eigenvalue weighted by Gasteiger charge is 2.19. The molecule has 11 heteroatoms. The smallest absolute Gasteiger partial charge is 0.277 e. The van der Waals surface area contributed by atoms with E-state index in [0.717, 1.165) is 42.5 Å². The maximum atomic E-state index is 12.6. The molecule has 0 fully saturated rings. The number of hydrogen-bond donors (Lipinski definition) is 3. The van der Waals surface area contributed by atoms with E-state index in [1.807, 2.05) is 0 Å². The average Bonchev–Trinajstić information content (AvgIpc) is 3.10. The van der Waals surface area contributed by atoms with Crippen LogP contribution in [0.1, 0.15) is 35.5 Å². The van der Waals surface area contributed by atoms with E-state index < -0.39 is 10.0 Å². The Hall–Kier alpha value is -3.05. The molecule has 1 aliphatic rings. The molecule has 0 bridgehead atoms. The number of amides is 1. The van der Waals surface area contributed by atoms with Crippen molar-refractivity contribution < 1.29 is 13.2 Å². The van der Waals surface area contributed by atoms with Gasteiger partial charge in [-0.25, -0.2) is 18.5 Å². The standard InChI is InChI=1S/C19H22N6O4S/c20-30(28,29)13-7-5-12(6-8-13)9-10-21-17(26)11-16-23-19-22-15-4-2-1-3-14(15)18(27)25(19)24-16/h5-8H,1-4,9-11H2,(H,21,26)(H2,20,28,29)(H,22,23,24). The van der Waals surface area contributed by atoms with Gasteiger partial charge < -0.3 is 5.32 Å². The molecule has 0 spiro atoms. The molecule has 0 saturated carbocycles. The number of carbonyl (C=O) groups is 1. The third kappa shape index (κ3) is 4.26. The minimum atomic E-state index is -3.72. The first-order valence-corrected chi connectivity index (χ1v) is 11.2. The van der Waals surface area contributed by atoms with E-state index in [9.17, 15) is 18.0 Å². The van der Waals surface area contributed by atoms with Gasteiger partial charge in [-0.05, 0) is 49.8 Å². The predicted octanol–water partition coefficient (Wildman–Crippen LogP) is -0.155. The van der Waals surface area contributed by atoms with Crippen LogP contribution in [-0.4, -0.2) is 40.5 Å². The van der Waals surface area contributed by atoms with Crippen LogP contribution >= 0.6 is 0 Å². The highest BCUT2D eigenvalue weighted by molar-refractivity contribution is 7.89. The largest absolute Gasteiger partial charge is 0.355 e. The van der Waals surface area contributed by atoms with E-state index in [1.165, 1.54) is 16.6 Å². The molecule has 2 aromatic heterocycles. The molecule has 0 unspecified atom stereocenters. The number of nitrogens with zero attached hydrogens (tertiary/aromatic N) is 3. The molecular formula is C19H22N6O4S. The molecule has 2 heterocycles. The van der Waals surface area contributed by atoms with Gasteiger partial charge in [0.15, 0.2) is 0 Å². The Morgan fingerprint density at radius 2 is 1.90 bits per heavy atom. The van der Waals surface area contributed by atoms with Gasteiger partial charge in [-0.15, -0.1) is 0 Å². The van der Waals surface area contributed by atoms with Crippen LogP contribution in [0.2, 0.25) is 0 Å². The summed E-state index contributed by atoms with van der Waals surface area (Å²) in [5.74, 6) is 0.420. The van der Waals surface area contributed by atoms with E-state index in [-0.39, 0.29) is 22.8 Å². The monoisotopic (exact) mass is 430 g/mol. The number of nitrogens with two attached hydrogens (primary N) is 1. The lowest BCUT2D eigenvalue weighted by Gasteiger charge is -2.12. The lowest BCUT2D eigenvalue weighted by molar-refractivity contribution is -0.120. The summed E-state index contributed by atoms with van der Waals surface area (Å²) >= 11 is 0. The van der Waals surface area contributed by atoms with Crippen LogP contribution in [0.15, 0.2) is 34.0 Å². The molecule has 0 atom stereocenters. The van der Waals surface area contributed by atoms with Gasteiger partial charge in [0.25, 0.3) is 11.3 Å². The summed E-state index contributed by atoms with van der Waals surface area (Å²) in [5.41, 5.74) is 2.26. The van der Waals surface area contributed by atoms with E-state index >= 15 is 0 Å². The first-order valence-electron chi connectivity index (χ1n) is 9.69. The molecule has 10 nitrogen and oxygen atoms in total. The molecule has 4 N–H and O–H groups in total. The van der Waals surface area contributed by atoms with Crippen LogP contribution in [0.25, 0.3) is 5.78 Å². The Balaban J connectivity index is 1.37. The number of nitrogens with one attached hydrogen (secondary N) is 2. The van der Waals surface area contributed by atoms with Crippen molar-refractivity contribution in [3.63, 3.8) is 0 Å². The van der Waals surface area contributed by atoms with Crippen molar-refractivity contribution in [3.8, 4) is 0 Å². The molecular weight excluding hydrogens is 408 g/mol. The average molecular weight is 430 g/mol. The van der Waals surface area contributed by atoms with E-state index in [1.54, 1.807) is 12.1 Å². The van der Waals surface area contributed by atoms with Crippen LogP contribution in [-0.2, 0) is 40.5 Å². The molecule has 0 saturated heterocycles. The summed E-state index contributed by atoms with van der Waals surface area (Å²) in [5, 5.41) is 10.7. The molecule has 30 heavy (non-hydrogen) atoms. The second-order valence-electron chi connectivity index (χ2n) is 7.32. The molecule has 158 valence electrons. The van der Waals surface area contributed by atoms with Gasteiger partial charge >= 0.3 is 0 Å². The Labute approximate surface area is 172 Å². The summed E-state index contributed by atoms with van der Waals surface area (Å²) < 4.78 is 23.8. The molecule has 1 aromatic carbocycles. The van der Waals surface area contributed by atoms with E-state index in [4.69, 9.17) is 5.14 Å². The van der Waals surface area contributed by atoms with Gasteiger partial charge in [0.1, 0.15) is 5.82 Å². The van der Waals surface area contributed by atoms with E-state index in [2.05, 4.69) is 20.4 Å². The zero-order chi connectivity index (χ0) is 21.3. The van der Waals surface area contributed by atoms with Crippen LogP contribution < -0.4 is 16.0 Å². The Bertz CT molecular complexity index is 1260. The highest BCUT2D eigenvalue weighted by Crippen LogP contribution is 2.16. The fraction of sp³-hybridized carbons (Fsp3) is 0.368. The maximum absolute atomic E-state index is 12.6. The minimum Gasteiger partial charge on any atom is -0.355 e. The maximum Gasteiger partial charge on any atom is 0.277 e. The van der Waals surface area contributed by atoms with Crippen LogP contribution in [0.3, 0.4) is 0 Å². The van der Waals surface area contributed by atoms with Gasteiger partial charge in [0, 0.05) is 12.1 Å². The number of primary sulfonamides is 1. The minimum absolute atomic E-state index is 0.00216. The lowest BCUT2D eigenvalue weighted by Crippen LogP contribution is -2.28. The molecule has 4 rings (SSSR count). The number of carbonyl (C=O) groups excluding carboxylic acids is 1. The fourth-order valence-electron chi connectivity index (χ4n) is 3.58. The van der Waals surface area contributed by atoms with Gasteiger partial charge in [0.2, 0.25) is 15.9 Å². The quantitative estimate of drug-likeness (QED) is 0.494. The number of aryl methyl sites for hydroxylation is 1. The van der Waals surface area contributed by atoms with Crippen molar-refractivity contribution >= 4 is 21.7 Å². The second kappa shape index (κ2) is 8.00. The number of benzene rings is 1. The number of aromatic amines is 1. The molecule has 3 aromatic rings. The van der Waals surface area contributed by atoms with Crippen molar-refractivity contribution in [1.29, 1.82) is 0 Å². The van der Waals surface area contributed by atoms with Crippen molar-refractivity contribution in [2.24, 2.45) is 5.14 Å². The molecule has 1 amide bonds. The third-order valence-electron chi connectivity index (χ3n) is 5.13. The van der Waals surface area contributed by atoms with Crippen molar-refractivity contribution in [2.75, 3.05) is 6.54 Å². The Morgan fingerprint density at radius 3 is 2.63 bits per heavy atom. The van der Waals surface area contributed by atoms with Crippen LogP contribution in [0.4, 0.5) is 0 Å². The van der Waals surface area contributed by atoms with E-state index in [0.29, 0.717) is 24.6 Å². The normalized spacial score (nSPS) is 13.9. The lowest BCUT2D eigenvalue weighted by atomic mass is 9.97. The van der Waals surface area contributed by atoms with Gasteiger partial charge in [0.05, 0.1) is 17.0 Å². The number of aromatic nitrogens is 4. The Kier molecular flexibility index (Phi) is 5.39. The third-order valence-corrected chi connectivity index (χ3v) is 6.06. The van der Waals surface area contributed by atoms with Crippen molar-refractivity contribution in [3.05, 3.63) is 57.3 Å². The number of H-pyrrole nitrogens is 1. The van der Waals surface area contributed by atoms with Gasteiger partial charge in [-0.1, -0.05) is 12.1 Å². The van der Waals surface area contributed by atoms with Crippen molar-refractivity contribution in [1.82, 2.24) is 24.9 Å². The topological polar surface area (TPSA) is 152 Å². The number of rotatable bonds is 6. The van der Waals surface area contributed by atoms with Crippen molar-refractivity contribution in [2.45, 2.75) is 43.4 Å². The number of hydrogen-bond acceptors (Lipinski definition) is 6. The first kappa shape index (κ1) is 20.2. The summed E-state index contributed by atoms with van der Waals surface area (Å²) in [6.07, 6.45) is 4.02. The number of fused-ring (bicyclic) bond motifs is 2. The summed E-state index contributed by atoms with van der Waals surface area (Å²) in [4.78, 5) is 33.6. The summed E-state index contributed by atoms with van der Waals surface area (Å²) in [6.45, 7) is 0.375. The van der Waals surface area contributed by atoms with Gasteiger partial charge in [-0.3, -0.25) is 14.7 Å². The fourth-order valence-corrected chi connectivity index (χ4v) is 4.09. The van der Waals surface area contributed by atoms with Crippen LogP contribution in [0.5, 0.6) is 0 Å². The van der Waals surface area contributed by atoms with Gasteiger partial charge in [-0.2, -0.15) is 9.50 Å². The molecule has 0 radical (unpaired) electrons. The predicted molar refractivity (Wildman–Crippen MR) is 108 cm³/mol. The summed E-state index contributed by atoms with van der Waals surface area (Å²) in [6, 6.07) is 6.19. The highest BCUT2D eigenvalue weighted by atomic mass is 32.2. The zero-order valence-electron chi connectivity index (χ0n) is 16.2. The summed E-state index contributed by atoms with van der Waals surface area (Å²) in [7, 11) is -3.72. The molecule has 0 aliphatic heterocycles. The first-order chi connectivity index (χ1) is 14.3. The SMILES string of the molecule is NS(=O)(=O)c1ccc(CCNC(=O)Cc2nc3nc4c(c(=O)n3[nH]2)CCCC4)cc1. The Morgan fingerprint density at radius 1 is 1.17 bits per heavy atom.